The maximum atomic E-state index is 3.71. The lowest BCUT2D eigenvalue weighted by atomic mass is 10.1. The predicted octanol–water partition coefficient (Wildman–Crippen LogP) is 5.20. The van der Waals surface area contributed by atoms with Crippen LogP contribution in [0.3, 0.4) is 0 Å². The Morgan fingerprint density at radius 1 is 1.14 bits per heavy atom. The Bertz CT molecular complexity index is 610. The Labute approximate surface area is 136 Å². The number of hydrogen-bond acceptors (Lipinski definition) is 2. The predicted molar refractivity (Wildman–Crippen MR) is 95.5 cm³/mol. The van der Waals surface area contributed by atoms with Crippen LogP contribution in [0.15, 0.2) is 46.9 Å². The summed E-state index contributed by atoms with van der Waals surface area (Å²) in [5, 5.41) is 3.45. The average Bonchev–Trinajstić information content (AvgIpc) is 2.46. The van der Waals surface area contributed by atoms with Crippen LogP contribution < -0.4 is 10.2 Å². The zero-order chi connectivity index (χ0) is 15.4. The van der Waals surface area contributed by atoms with E-state index in [-0.39, 0.29) is 0 Å². The monoisotopic (exact) mass is 346 g/mol. The summed E-state index contributed by atoms with van der Waals surface area (Å²) in [6, 6.07) is 15.5. The van der Waals surface area contributed by atoms with Crippen LogP contribution in [0.5, 0.6) is 0 Å². The first-order chi connectivity index (χ1) is 10.0. The van der Waals surface area contributed by atoms with Crippen molar-refractivity contribution < 1.29 is 0 Å². The lowest BCUT2D eigenvalue weighted by Gasteiger charge is -2.22. The first-order valence-electron chi connectivity index (χ1n) is 7.36. The molecule has 0 saturated heterocycles. The molecule has 0 amide bonds. The molecule has 0 aliphatic carbocycles. The molecule has 21 heavy (non-hydrogen) atoms. The minimum atomic E-state index is 0.350. The Morgan fingerprint density at radius 3 is 2.48 bits per heavy atom. The van der Waals surface area contributed by atoms with Gasteiger partial charge in [0.15, 0.2) is 0 Å². The van der Waals surface area contributed by atoms with E-state index in [0.29, 0.717) is 6.04 Å². The van der Waals surface area contributed by atoms with Crippen LogP contribution in [-0.2, 0) is 0 Å². The molecular weight excluding hydrogens is 324 g/mol. The molecule has 2 aromatic rings. The molecule has 2 rings (SSSR count). The van der Waals surface area contributed by atoms with Gasteiger partial charge in [-0.05, 0) is 55.8 Å². The number of benzene rings is 2. The van der Waals surface area contributed by atoms with Gasteiger partial charge in [-0.2, -0.15) is 0 Å². The Balaban J connectivity index is 2.27. The van der Waals surface area contributed by atoms with Crippen LogP contribution in [0.25, 0.3) is 0 Å². The van der Waals surface area contributed by atoms with Gasteiger partial charge in [0.1, 0.15) is 0 Å². The van der Waals surface area contributed by atoms with Crippen LogP contribution in [0, 0.1) is 6.92 Å². The van der Waals surface area contributed by atoms with E-state index in [1.165, 1.54) is 22.5 Å². The summed E-state index contributed by atoms with van der Waals surface area (Å²) in [4.78, 5) is 2.21. The van der Waals surface area contributed by atoms with Crippen LogP contribution in [0.2, 0.25) is 0 Å². The summed E-state index contributed by atoms with van der Waals surface area (Å²) in [5.41, 5.74) is 4.95. The summed E-state index contributed by atoms with van der Waals surface area (Å²) in [6.45, 7) is 7.41. The second-order valence-corrected chi connectivity index (χ2v) is 6.24. The molecule has 0 heterocycles. The number of halogens is 1. The third kappa shape index (κ3) is 3.86. The van der Waals surface area contributed by atoms with Crippen LogP contribution in [0.1, 0.15) is 31.0 Å². The Morgan fingerprint density at radius 2 is 1.86 bits per heavy atom. The normalized spacial score (nSPS) is 12.2. The summed E-state index contributed by atoms with van der Waals surface area (Å²) < 4.78 is 1.15. The van der Waals surface area contributed by atoms with Gasteiger partial charge in [0.05, 0.1) is 0 Å². The minimum absolute atomic E-state index is 0.350. The van der Waals surface area contributed by atoms with E-state index in [0.717, 1.165) is 11.0 Å². The van der Waals surface area contributed by atoms with Gasteiger partial charge >= 0.3 is 0 Å². The van der Waals surface area contributed by atoms with Crippen molar-refractivity contribution in [2.75, 3.05) is 18.5 Å². The highest BCUT2D eigenvalue weighted by Crippen LogP contribution is 2.31. The summed E-state index contributed by atoms with van der Waals surface area (Å²) >= 11 is 3.71. The molecule has 0 aliphatic rings. The number of anilines is 2. The molecule has 0 aromatic heterocycles. The van der Waals surface area contributed by atoms with E-state index in [9.17, 15) is 0 Å². The van der Waals surface area contributed by atoms with E-state index < -0.39 is 0 Å². The standard InChI is InChI=1S/C18H23BrN2/c1-5-20-14(3)17-10-9-16(12-18(17)19)21(4)15-8-6-7-13(2)11-15/h6-12,14,20H,5H2,1-4H3. The highest BCUT2D eigenvalue weighted by molar-refractivity contribution is 9.10. The molecule has 0 saturated carbocycles. The van der Waals surface area contributed by atoms with E-state index in [2.05, 4.69) is 96.4 Å². The van der Waals surface area contributed by atoms with Crippen molar-refractivity contribution in [3.05, 3.63) is 58.1 Å². The Kier molecular flexibility index (Phi) is 5.43. The zero-order valence-corrected chi connectivity index (χ0v) is 14.7. The van der Waals surface area contributed by atoms with Gasteiger partial charge in [0.2, 0.25) is 0 Å². The zero-order valence-electron chi connectivity index (χ0n) is 13.2. The molecule has 1 N–H and O–H groups in total. The third-order valence-electron chi connectivity index (χ3n) is 3.74. The number of nitrogens with one attached hydrogen (secondary N) is 1. The lowest BCUT2D eigenvalue weighted by Crippen LogP contribution is -2.18. The largest absolute Gasteiger partial charge is 0.345 e. The fourth-order valence-corrected chi connectivity index (χ4v) is 3.19. The molecule has 0 aliphatic heterocycles. The fourth-order valence-electron chi connectivity index (χ4n) is 2.48. The minimum Gasteiger partial charge on any atom is -0.345 e. The second-order valence-electron chi connectivity index (χ2n) is 5.38. The average molecular weight is 347 g/mol. The first kappa shape index (κ1) is 16.1. The molecule has 0 fully saturated rings. The first-order valence-corrected chi connectivity index (χ1v) is 8.15. The highest BCUT2D eigenvalue weighted by Gasteiger charge is 2.11. The van der Waals surface area contributed by atoms with Crippen LogP contribution in [0.4, 0.5) is 11.4 Å². The molecule has 2 aromatic carbocycles. The smallest absolute Gasteiger partial charge is 0.0419 e. The lowest BCUT2D eigenvalue weighted by molar-refractivity contribution is 0.596. The van der Waals surface area contributed by atoms with E-state index in [1.54, 1.807) is 0 Å². The summed E-state index contributed by atoms with van der Waals surface area (Å²) in [6.07, 6.45) is 0. The summed E-state index contributed by atoms with van der Waals surface area (Å²) in [7, 11) is 2.10. The topological polar surface area (TPSA) is 15.3 Å². The number of nitrogens with zero attached hydrogens (tertiary/aromatic N) is 1. The molecule has 2 nitrogen and oxygen atoms in total. The van der Waals surface area contributed by atoms with E-state index >= 15 is 0 Å². The molecule has 112 valence electrons. The van der Waals surface area contributed by atoms with Crippen molar-refractivity contribution in [1.82, 2.24) is 5.32 Å². The quantitative estimate of drug-likeness (QED) is 0.800. The molecule has 3 heteroatoms. The van der Waals surface area contributed by atoms with Gasteiger partial charge in [-0.3, -0.25) is 0 Å². The van der Waals surface area contributed by atoms with Crippen molar-refractivity contribution in [3.63, 3.8) is 0 Å². The molecule has 1 atom stereocenters. The second kappa shape index (κ2) is 7.10. The summed E-state index contributed by atoms with van der Waals surface area (Å²) in [5.74, 6) is 0. The van der Waals surface area contributed by atoms with Crippen LogP contribution in [-0.4, -0.2) is 13.6 Å². The number of hydrogen-bond donors (Lipinski definition) is 1. The molecule has 0 spiro atoms. The van der Waals surface area contributed by atoms with E-state index in [1.807, 2.05) is 0 Å². The maximum absolute atomic E-state index is 3.71. The van der Waals surface area contributed by atoms with Gasteiger partial charge < -0.3 is 10.2 Å². The van der Waals surface area contributed by atoms with Crippen LogP contribution >= 0.6 is 15.9 Å². The van der Waals surface area contributed by atoms with Crippen molar-refractivity contribution in [1.29, 1.82) is 0 Å². The fraction of sp³-hybridized carbons (Fsp3) is 0.333. The maximum Gasteiger partial charge on any atom is 0.0419 e. The van der Waals surface area contributed by atoms with Gasteiger partial charge in [-0.15, -0.1) is 0 Å². The van der Waals surface area contributed by atoms with Crippen molar-refractivity contribution in [3.8, 4) is 0 Å². The molecule has 1 unspecified atom stereocenters. The van der Waals surface area contributed by atoms with Crippen molar-refractivity contribution in [2.45, 2.75) is 26.8 Å². The van der Waals surface area contributed by atoms with Gasteiger partial charge in [-0.25, -0.2) is 0 Å². The number of aryl methyl sites for hydroxylation is 1. The number of rotatable bonds is 5. The molecule has 0 bridgehead atoms. The SMILES string of the molecule is CCNC(C)c1ccc(N(C)c2cccc(C)c2)cc1Br. The molecule has 0 radical (unpaired) electrons. The highest BCUT2D eigenvalue weighted by atomic mass is 79.9. The van der Waals surface area contributed by atoms with Gasteiger partial charge in [-0.1, -0.05) is 41.1 Å². The van der Waals surface area contributed by atoms with Crippen molar-refractivity contribution in [2.24, 2.45) is 0 Å². The van der Waals surface area contributed by atoms with Gasteiger partial charge in [0.25, 0.3) is 0 Å². The third-order valence-corrected chi connectivity index (χ3v) is 4.42. The Hall–Kier alpha value is -1.32. The van der Waals surface area contributed by atoms with E-state index in [4.69, 9.17) is 0 Å². The van der Waals surface area contributed by atoms with Crippen molar-refractivity contribution >= 4 is 27.3 Å². The molecular formula is C18H23BrN2. The van der Waals surface area contributed by atoms with Gasteiger partial charge in [0, 0.05) is 28.9 Å².